The number of nitrogens with zero attached hydrogens (tertiary/aromatic N) is 2. The van der Waals surface area contributed by atoms with Crippen LogP contribution in [0.2, 0.25) is 5.02 Å². The molecule has 2 aromatic rings. The zero-order valence-corrected chi connectivity index (χ0v) is 18.1. The SMILES string of the molecule is CCNC(=O)N(Cc1cccc(Cl)c1)CC1CC(c2ccc(OC)c(OC)c2)=NO1. The Morgan fingerprint density at radius 3 is 2.73 bits per heavy atom. The highest BCUT2D eigenvalue weighted by atomic mass is 35.5. The van der Waals surface area contributed by atoms with Crippen LogP contribution < -0.4 is 14.8 Å². The van der Waals surface area contributed by atoms with Gasteiger partial charge in [0.25, 0.3) is 0 Å². The van der Waals surface area contributed by atoms with Crippen LogP contribution in [-0.2, 0) is 11.4 Å². The van der Waals surface area contributed by atoms with Crippen molar-refractivity contribution >= 4 is 23.3 Å². The fourth-order valence-electron chi connectivity index (χ4n) is 3.30. The second-order valence-corrected chi connectivity index (χ2v) is 7.32. The molecule has 30 heavy (non-hydrogen) atoms. The summed E-state index contributed by atoms with van der Waals surface area (Å²) in [6, 6.07) is 13.0. The second-order valence-electron chi connectivity index (χ2n) is 6.89. The van der Waals surface area contributed by atoms with E-state index in [4.69, 9.17) is 25.9 Å². The van der Waals surface area contributed by atoms with Crippen molar-refractivity contribution in [3.8, 4) is 11.5 Å². The van der Waals surface area contributed by atoms with Crippen LogP contribution in [0.3, 0.4) is 0 Å². The lowest BCUT2D eigenvalue weighted by molar-refractivity contribution is 0.0590. The van der Waals surface area contributed by atoms with Crippen LogP contribution >= 0.6 is 11.6 Å². The van der Waals surface area contributed by atoms with Gasteiger partial charge in [-0.3, -0.25) is 0 Å². The molecule has 2 amide bonds. The number of ether oxygens (including phenoxy) is 2. The number of amides is 2. The predicted molar refractivity (Wildman–Crippen MR) is 117 cm³/mol. The molecule has 1 aliphatic rings. The van der Waals surface area contributed by atoms with Crippen LogP contribution in [0.1, 0.15) is 24.5 Å². The van der Waals surface area contributed by atoms with E-state index in [1.807, 2.05) is 49.4 Å². The Morgan fingerprint density at radius 2 is 2.03 bits per heavy atom. The quantitative estimate of drug-likeness (QED) is 0.683. The minimum Gasteiger partial charge on any atom is -0.493 e. The fraction of sp³-hybridized carbons (Fsp3) is 0.364. The first-order valence-electron chi connectivity index (χ1n) is 9.76. The molecule has 1 atom stereocenters. The lowest BCUT2D eigenvalue weighted by atomic mass is 10.0. The summed E-state index contributed by atoms with van der Waals surface area (Å²) in [5.74, 6) is 1.28. The third-order valence-corrected chi connectivity index (χ3v) is 4.99. The van der Waals surface area contributed by atoms with Crippen molar-refractivity contribution in [2.45, 2.75) is 26.0 Å². The number of hydrogen-bond donors (Lipinski definition) is 1. The van der Waals surface area contributed by atoms with E-state index in [9.17, 15) is 4.79 Å². The summed E-state index contributed by atoms with van der Waals surface area (Å²) in [5, 5.41) is 7.73. The van der Waals surface area contributed by atoms with E-state index >= 15 is 0 Å². The minimum absolute atomic E-state index is 0.152. The summed E-state index contributed by atoms with van der Waals surface area (Å²) in [4.78, 5) is 19.9. The topological polar surface area (TPSA) is 72.4 Å². The highest BCUT2D eigenvalue weighted by molar-refractivity contribution is 6.30. The van der Waals surface area contributed by atoms with E-state index in [0.29, 0.717) is 42.6 Å². The van der Waals surface area contributed by atoms with Gasteiger partial charge in [0, 0.05) is 30.1 Å². The molecular weight excluding hydrogens is 406 g/mol. The Kier molecular flexibility index (Phi) is 7.41. The normalized spacial score (nSPS) is 15.2. The van der Waals surface area contributed by atoms with Gasteiger partial charge < -0.3 is 24.5 Å². The summed E-state index contributed by atoms with van der Waals surface area (Å²) in [6.07, 6.45) is 0.343. The molecule has 160 valence electrons. The van der Waals surface area contributed by atoms with Crippen molar-refractivity contribution in [3.63, 3.8) is 0 Å². The predicted octanol–water partition coefficient (Wildman–Crippen LogP) is 4.08. The smallest absolute Gasteiger partial charge is 0.317 e. The number of methoxy groups -OCH3 is 2. The molecule has 7 nitrogen and oxygen atoms in total. The fourth-order valence-corrected chi connectivity index (χ4v) is 3.51. The maximum absolute atomic E-state index is 12.6. The molecule has 0 fully saturated rings. The van der Waals surface area contributed by atoms with Crippen molar-refractivity contribution in [2.75, 3.05) is 27.3 Å². The molecule has 1 aliphatic heterocycles. The van der Waals surface area contributed by atoms with Gasteiger partial charge in [0.2, 0.25) is 0 Å². The van der Waals surface area contributed by atoms with Crippen molar-refractivity contribution < 1.29 is 19.1 Å². The zero-order chi connectivity index (χ0) is 21.5. The van der Waals surface area contributed by atoms with Crippen LogP contribution in [0.15, 0.2) is 47.6 Å². The van der Waals surface area contributed by atoms with Crippen molar-refractivity contribution in [3.05, 3.63) is 58.6 Å². The number of rotatable bonds is 8. The Bertz CT molecular complexity index is 919. The van der Waals surface area contributed by atoms with Gasteiger partial charge in [-0.05, 0) is 42.8 Å². The number of halogens is 1. The van der Waals surface area contributed by atoms with Gasteiger partial charge in [0.05, 0.1) is 26.5 Å². The van der Waals surface area contributed by atoms with Crippen LogP contribution in [0.5, 0.6) is 11.5 Å². The molecule has 8 heteroatoms. The van der Waals surface area contributed by atoms with Crippen LogP contribution in [0.4, 0.5) is 4.79 Å². The lowest BCUT2D eigenvalue weighted by Gasteiger charge is -2.25. The van der Waals surface area contributed by atoms with Gasteiger partial charge >= 0.3 is 6.03 Å². The number of benzene rings is 2. The molecule has 1 unspecified atom stereocenters. The van der Waals surface area contributed by atoms with Gasteiger partial charge in [0.1, 0.15) is 0 Å². The highest BCUT2D eigenvalue weighted by Crippen LogP contribution is 2.29. The molecule has 0 saturated heterocycles. The molecule has 0 aliphatic carbocycles. The largest absolute Gasteiger partial charge is 0.493 e. The molecule has 0 bridgehead atoms. The van der Waals surface area contributed by atoms with E-state index < -0.39 is 0 Å². The van der Waals surface area contributed by atoms with Crippen molar-refractivity contribution in [2.24, 2.45) is 5.16 Å². The number of carbonyl (C=O) groups excluding carboxylic acids is 1. The Balaban J connectivity index is 1.68. The van der Waals surface area contributed by atoms with E-state index in [-0.39, 0.29) is 12.1 Å². The number of hydrogen-bond acceptors (Lipinski definition) is 5. The number of oxime groups is 1. The third kappa shape index (κ3) is 5.36. The third-order valence-electron chi connectivity index (χ3n) is 4.75. The zero-order valence-electron chi connectivity index (χ0n) is 17.4. The summed E-state index contributed by atoms with van der Waals surface area (Å²) in [6.45, 7) is 3.26. The maximum Gasteiger partial charge on any atom is 0.317 e. The Hall–Kier alpha value is -2.93. The molecule has 1 heterocycles. The van der Waals surface area contributed by atoms with Crippen molar-refractivity contribution in [1.29, 1.82) is 0 Å². The summed E-state index contributed by atoms with van der Waals surface area (Å²) in [5.41, 5.74) is 2.65. The monoisotopic (exact) mass is 431 g/mol. The second kappa shape index (κ2) is 10.2. The first-order chi connectivity index (χ1) is 14.5. The highest BCUT2D eigenvalue weighted by Gasteiger charge is 2.27. The Morgan fingerprint density at radius 1 is 1.23 bits per heavy atom. The first kappa shape index (κ1) is 21.8. The molecule has 2 aromatic carbocycles. The van der Waals surface area contributed by atoms with E-state index in [2.05, 4.69) is 10.5 Å². The number of urea groups is 1. The molecule has 0 aromatic heterocycles. The maximum atomic E-state index is 12.6. The van der Waals surface area contributed by atoms with Gasteiger partial charge in [-0.1, -0.05) is 28.9 Å². The molecular formula is C22H26ClN3O4. The van der Waals surface area contributed by atoms with Gasteiger partial charge in [-0.15, -0.1) is 0 Å². The Labute approximate surface area is 181 Å². The van der Waals surface area contributed by atoms with E-state index in [1.54, 1.807) is 19.1 Å². The molecule has 0 saturated carbocycles. The average molecular weight is 432 g/mol. The minimum atomic E-state index is -0.241. The average Bonchev–Trinajstić information content (AvgIpc) is 3.21. The van der Waals surface area contributed by atoms with Gasteiger partial charge in [-0.2, -0.15) is 0 Å². The van der Waals surface area contributed by atoms with Crippen LogP contribution in [0.25, 0.3) is 0 Å². The van der Waals surface area contributed by atoms with Gasteiger partial charge in [0.15, 0.2) is 17.6 Å². The molecule has 0 spiro atoms. The van der Waals surface area contributed by atoms with Crippen LogP contribution in [0, 0.1) is 0 Å². The number of nitrogens with one attached hydrogen (secondary N) is 1. The van der Waals surface area contributed by atoms with Crippen LogP contribution in [-0.4, -0.2) is 50.1 Å². The summed E-state index contributed by atoms with van der Waals surface area (Å²) in [7, 11) is 3.19. The standard InChI is InChI=1S/C22H26ClN3O4/c1-4-24-22(27)26(13-15-6-5-7-17(23)10-15)14-18-12-19(25-30-18)16-8-9-20(28-2)21(11-16)29-3/h5-11,18H,4,12-14H2,1-3H3,(H,24,27). The molecule has 3 rings (SSSR count). The van der Waals surface area contributed by atoms with E-state index in [0.717, 1.165) is 16.8 Å². The number of carbonyl (C=O) groups is 1. The lowest BCUT2D eigenvalue weighted by Crippen LogP contribution is -2.43. The van der Waals surface area contributed by atoms with Crippen molar-refractivity contribution in [1.82, 2.24) is 10.2 Å². The van der Waals surface area contributed by atoms with Gasteiger partial charge in [-0.25, -0.2) is 4.79 Å². The summed E-state index contributed by atoms with van der Waals surface area (Å²) >= 11 is 6.09. The molecule has 1 N–H and O–H groups in total. The first-order valence-corrected chi connectivity index (χ1v) is 10.1. The van der Waals surface area contributed by atoms with E-state index in [1.165, 1.54) is 0 Å². The molecule has 0 radical (unpaired) electrons. The summed E-state index contributed by atoms with van der Waals surface area (Å²) < 4.78 is 10.7.